The summed E-state index contributed by atoms with van der Waals surface area (Å²) in [5.74, 6) is -0.504. The minimum Gasteiger partial charge on any atom is -0.402 e. The molecule has 0 spiro atoms. The van der Waals surface area contributed by atoms with Crippen LogP contribution in [0.2, 0.25) is 0 Å². The Morgan fingerprint density at radius 2 is 1.23 bits per heavy atom. The summed E-state index contributed by atoms with van der Waals surface area (Å²) in [4.78, 5) is 3.78. The minimum absolute atomic E-state index is 0.121. The van der Waals surface area contributed by atoms with E-state index in [0.29, 0.717) is 0 Å². The first-order valence-electron chi connectivity index (χ1n) is 9.45. The zero-order valence-corrected chi connectivity index (χ0v) is 18.4. The molecule has 0 saturated heterocycles. The topological polar surface area (TPSA) is 31.4 Å². The third kappa shape index (κ3) is 9.13. The van der Waals surface area contributed by atoms with Gasteiger partial charge in [0.25, 0.3) is 0 Å². The first kappa shape index (κ1) is 23.1. The lowest BCUT2D eigenvalue weighted by Gasteiger charge is -2.39. The van der Waals surface area contributed by atoms with Gasteiger partial charge in [0.1, 0.15) is 0 Å². The molecule has 5 heteroatoms. The van der Waals surface area contributed by atoms with Crippen molar-refractivity contribution >= 4 is 12.6 Å². The van der Waals surface area contributed by atoms with E-state index in [4.69, 9.17) is 9.31 Å². The summed E-state index contributed by atoms with van der Waals surface area (Å²) < 4.78 is 26.1. The van der Waals surface area contributed by atoms with Gasteiger partial charge in [-0.3, -0.25) is 0 Å². The van der Waals surface area contributed by atoms with E-state index >= 15 is 0 Å². The van der Waals surface area contributed by atoms with Crippen molar-refractivity contribution in [3.05, 3.63) is 24.3 Å². The first-order chi connectivity index (χ1) is 11.5. The van der Waals surface area contributed by atoms with E-state index in [1.807, 2.05) is 0 Å². The largest absolute Gasteiger partial charge is 0.496 e. The Hall–Kier alpha value is -0.935. The maximum atomic E-state index is 13.3. The quantitative estimate of drug-likeness (QED) is 0.480. The predicted molar refractivity (Wildman–Crippen MR) is 108 cm³/mol. The molecule has 3 nitrogen and oxygen atoms in total. The standard InChI is InChI=1S/C21H37BFNO2/c1-18(2,3)14-20(7,8)25-22(16-11-12-17(23)24-13-16)26-21(9,10)15-19(4,5)6/h11-13H,14-15H2,1-10H3. The average molecular weight is 365 g/mol. The van der Waals surface area contributed by atoms with Crippen LogP contribution in [0.15, 0.2) is 18.3 Å². The lowest BCUT2D eigenvalue weighted by Crippen LogP contribution is -2.50. The highest BCUT2D eigenvalue weighted by Crippen LogP contribution is 2.33. The third-order valence-electron chi connectivity index (χ3n) is 3.79. The Labute approximate surface area is 160 Å². The van der Waals surface area contributed by atoms with E-state index in [-0.39, 0.29) is 10.8 Å². The first-order valence-corrected chi connectivity index (χ1v) is 9.45. The fourth-order valence-corrected chi connectivity index (χ4v) is 3.90. The predicted octanol–water partition coefficient (Wildman–Crippen LogP) is 5.38. The molecule has 0 aromatic carbocycles. The Balaban J connectivity index is 3.08. The van der Waals surface area contributed by atoms with Crippen LogP contribution in [0.4, 0.5) is 4.39 Å². The Morgan fingerprint density at radius 3 is 1.54 bits per heavy atom. The Bertz CT molecular complexity index is 541. The fraction of sp³-hybridized carbons (Fsp3) is 0.762. The molecule has 26 heavy (non-hydrogen) atoms. The van der Waals surface area contributed by atoms with Gasteiger partial charge < -0.3 is 9.31 Å². The van der Waals surface area contributed by atoms with Crippen LogP contribution in [0.1, 0.15) is 82.1 Å². The van der Waals surface area contributed by atoms with Crippen molar-refractivity contribution in [2.75, 3.05) is 0 Å². The van der Waals surface area contributed by atoms with Crippen LogP contribution in [-0.2, 0) is 9.31 Å². The average Bonchev–Trinajstić information content (AvgIpc) is 2.31. The molecule has 0 aliphatic carbocycles. The zero-order valence-electron chi connectivity index (χ0n) is 18.4. The van der Waals surface area contributed by atoms with E-state index in [0.717, 1.165) is 18.3 Å². The highest BCUT2D eigenvalue weighted by molar-refractivity contribution is 6.61. The molecule has 148 valence electrons. The molecular formula is C21H37BFNO2. The highest BCUT2D eigenvalue weighted by atomic mass is 19.1. The van der Waals surface area contributed by atoms with Gasteiger partial charge >= 0.3 is 7.12 Å². The molecule has 0 bridgehead atoms. The van der Waals surface area contributed by atoms with E-state index < -0.39 is 24.3 Å². The summed E-state index contributed by atoms with van der Waals surface area (Å²) in [5, 5.41) is 0. The van der Waals surface area contributed by atoms with Crippen molar-refractivity contribution in [2.24, 2.45) is 10.8 Å². The molecule has 1 aromatic rings. The highest BCUT2D eigenvalue weighted by Gasteiger charge is 2.38. The molecule has 0 radical (unpaired) electrons. The second-order valence-electron chi connectivity index (χ2n) is 11.0. The summed E-state index contributed by atoms with van der Waals surface area (Å²) in [6, 6.07) is 3.04. The maximum Gasteiger partial charge on any atom is 0.496 e. The van der Waals surface area contributed by atoms with Crippen LogP contribution in [0, 0.1) is 16.8 Å². The molecule has 1 rings (SSSR count). The van der Waals surface area contributed by atoms with E-state index in [1.165, 1.54) is 12.3 Å². The molecule has 0 unspecified atom stereocenters. The third-order valence-corrected chi connectivity index (χ3v) is 3.79. The van der Waals surface area contributed by atoms with Crippen molar-refractivity contribution in [1.82, 2.24) is 4.98 Å². The van der Waals surface area contributed by atoms with Crippen LogP contribution in [-0.4, -0.2) is 23.3 Å². The maximum absolute atomic E-state index is 13.3. The molecular weight excluding hydrogens is 328 g/mol. The van der Waals surface area contributed by atoms with Gasteiger partial charge in [0, 0.05) is 22.9 Å². The van der Waals surface area contributed by atoms with Gasteiger partial charge in [0.05, 0.1) is 0 Å². The number of aromatic nitrogens is 1. The molecule has 0 atom stereocenters. The summed E-state index contributed by atoms with van der Waals surface area (Å²) in [6.07, 6.45) is 3.24. The molecule has 0 N–H and O–H groups in total. The van der Waals surface area contributed by atoms with Crippen LogP contribution < -0.4 is 5.46 Å². The van der Waals surface area contributed by atoms with Crippen LogP contribution in [0.25, 0.3) is 0 Å². The van der Waals surface area contributed by atoms with Gasteiger partial charge in [-0.1, -0.05) is 47.6 Å². The van der Waals surface area contributed by atoms with Crippen LogP contribution in [0.3, 0.4) is 0 Å². The van der Waals surface area contributed by atoms with Crippen molar-refractivity contribution in [1.29, 1.82) is 0 Å². The second kappa shape index (κ2) is 7.98. The molecule has 0 saturated carbocycles. The molecule has 0 amide bonds. The number of halogens is 1. The van der Waals surface area contributed by atoms with Crippen LogP contribution >= 0.6 is 0 Å². The minimum atomic E-state index is -0.599. The van der Waals surface area contributed by atoms with Gasteiger partial charge in [-0.05, 0) is 57.4 Å². The number of rotatable bonds is 7. The Kier molecular flexibility index (Phi) is 7.09. The monoisotopic (exact) mass is 365 g/mol. The SMILES string of the molecule is CC(C)(C)CC(C)(C)OB(OC(C)(C)CC(C)(C)C)c1ccc(F)nc1. The van der Waals surface area contributed by atoms with Gasteiger partial charge in [-0.2, -0.15) is 4.39 Å². The number of hydrogen-bond acceptors (Lipinski definition) is 3. The summed E-state index contributed by atoms with van der Waals surface area (Å²) in [7, 11) is -0.599. The number of hydrogen-bond donors (Lipinski definition) is 0. The number of nitrogens with zero attached hydrogens (tertiary/aromatic N) is 1. The van der Waals surface area contributed by atoms with Gasteiger partial charge in [-0.25, -0.2) is 4.98 Å². The smallest absolute Gasteiger partial charge is 0.402 e. The van der Waals surface area contributed by atoms with E-state index in [1.54, 1.807) is 6.07 Å². The zero-order chi connectivity index (χ0) is 20.4. The van der Waals surface area contributed by atoms with Crippen LogP contribution in [0.5, 0.6) is 0 Å². The summed E-state index contributed by atoms with van der Waals surface area (Å²) >= 11 is 0. The van der Waals surface area contributed by atoms with E-state index in [9.17, 15) is 4.39 Å². The molecule has 0 fully saturated rings. The Morgan fingerprint density at radius 1 is 0.808 bits per heavy atom. The van der Waals surface area contributed by atoms with Gasteiger partial charge in [-0.15, -0.1) is 0 Å². The normalized spacial score (nSPS) is 13.8. The van der Waals surface area contributed by atoms with Crippen molar-refractivity contribution in [3.63, 3.8) is 0 Å². The van der Waals surface area contributed by atoms with E-state index in [2.05, 4.69) is 74.2 Å². The summed E-state index contributed by atoms with van der Waals surface area (Å²) in [5.41, 5.74) is 0.186. The molecule has 1 aromatic heterocycles. The van der Waals surface area contributed by atoms with Crippen molar-refractivity contribution < 1.29 is 13.7 Å². The summed E-state index contributed by atoms with van der Waals surface area (Å²) in [6.45, 7) is 21.4. The van der Waals surface area contributed by atoms with Crippen molar-refractivity contribution in [2.45, 2.75) is 93.3 Å². The second-order valence-corrected chi connectivity index (χ2v) is 11.0. The lowest BCUT2D eigenvalue weighted by atomic mass is 9.74. The van der Waals surface area contributed by atoms with Crippen molar-refractivity contribution in [3.8, 4) is 0 Å². The van der Waals surface area contributed by atoms with Gasteiger partial charge in [0.2, 0.25) is 5.95 Å². The number of pyridine rings is 1. The lowest BCUT2D eigenvalue weighted by molar-refractivity contribution is -0.00960. The molecule has 0 aliphatic rings. The molecule has 0 aliphatic heterocycles. The molecule has 1 heterocycles. The van der Waals surface area contributed by atoms with Gasteiger partial charge in [0.15, 0.2) is 0 Å². The fourth-order valence-electron chi connectivity index (χ4n) is 3.90.